The molecule has 0 aromatic carbocycles. The fourth-order valence-corrected chi connectivity index (χ4v) is 0.930. The van der Waals surface area contributed by atoms with E-state index in [1.54, 1.807) is 0 Å². The lowest BCUT2D eigenvalue weighted by Gasteiger charge is -2.27. The van der Waals surface area contributed by atoms with Crippen molar-refractivity contribution in [3.8, 4) is 0 Å². The van der Waals surface area contributed by atoms with Crippen molar-refractivity contribution in [3.63, 3.8) is 0 Å². The normalized spacial score (nSPS) is 18.3. The first-order valence-electron chi connectivity index (χ1n) is 3.46. The standard InChI is InChI=1S/C7H14N2/c1-7(2)9-5-3-8-4-6-9/h3,5,7-8H,4,6H2,1-2H3. The van der Waals surface area contributed by atoms with Crippen molar-refractivity contribution in [1.29, 1.82) is 0 Å². The van der Waals surface area contributed by atoms with E-state index in [0.29, 0.717) is 6.04 Å². The van der Waals surface area contributed by atoms with Gasteiger partial charge in [-0.05, 0) is 13.8 Å². The second-order valence-corrected chi connectivity index (χ2v) is 2.60. The van der Waals surface area contributed by atoms with E-state index in [9.17, 15) is 0 Å². The summed E-state index contributed by atoms with van der Waals surface area (Å²) < 4.78 is 0. The van der Waals surface area contributed by atoms with Crippen LogP contribution >= 0.6 is 0 Å². The summed E-state index contributed by atoms with van der Waals surface area (Å²) in [6.45, 7) is 6.62. The van der Waals surface area contributed by atoms with E-state index in [1.807, 2.05) is 6.20 Å². The maximum atomic E-state index is 3.15. The van der Waals surface area contributed by atoms with Crippen molar-refractivity contribution >= 4 is 0 Å². The highest BCUT2D eigenvalue weighted by atomic mass is 15.2. The number of rotatable bonds is 1. The summed E-state index contributed by atoms with van der Waals surface area (Å²) in [6, 6.07) is 0.642. The predicted octanol–water partition coefficient (Wildman–Crippen LogP) is 0.771. The molecule has 0 unspecified atom stereocenters. The van der Waals surface area contributed by atoms with Gasteiger partial charge in [0, 0.05) is 31.5 Å². The minimum absolute atomic E-state index is 0.642. The molecule has 1 N–H and O–H groups in total. The molecule has 9 heavy (non-hydrogen) atoms. The first kappa shape index (κ1) is 6.46. The second-order valence-electron chi connectivity index (χ2n) is 2.60. The fourth-order valence-electron chi connectivity index (χ4n) is 0.930. The zero-order valence-electron chi connectivity index (χ0n) is 6.09. The molecule has 0 atom stereocenters. The monoisotopic (exact) mass is 126 g/mol. The number of hydrogen-bond acceptors (Lipinski definition) is 2. The zero-order valence-corrected chi connectivity index (χ0v) is 6.09. The molecule has 2 nitrogen and oxygen atoms in total. The predicted molar refractivity (Wildman–Crippen MR) is 39.0 cm³/mol. The summed E-state index contributed by atoms with van der Waals surface area (Å²) >= 11 is 0. The molecule has 0 saturated heterocycles. The molecule has 0 fully saturated rings. The minimum atomic E-state index is 0.642. The molecule has 0 aromatic rings. The van der Waals surface area contributed by atoms with E-state index in [1.165, 1.54) is 0 Å². The number of hydrogen-bond donors (Lipinski definition) is 1. The Morgan fingerprint density at radius 1 is 1.56 bits per heavy atom. The second kappa shape index (κ2) is 2.76. The first-order valence-corrected chi connectivity index (χ1v) is 3.46. The van der Waals surface area contributed by atoms with Crippen LogP contribution in [0.15, 0.2) is 12.4 Å². The number of nitrogens with one attached hydrogen (secondary N) is 1. The molecule has 0 saturated carbocycles. The number of nitrogens with zero attached hydrogens (tertiary/aromatic N) is 1. The van der Waals surface area contributed by atoms with Crippen molar-refractivity contribution in [1.82, 2.24) is 10.2 Å². The van der Waals surface area contributed by atoms with Crippen LogP contribution in [0.4, 0.5) is 0 Å². The summed E-state index contributed by atoms with van der Waals surface area (Å²) in [5, 5.41) is 3.15. The average molecular weight is 126 g/mol. The van der Waals surface area contributed by atoms with Crippen LogP contribution in [0.25, 0.3) is 0 Å². The molecular weight excluding hydrogens is 112 g/mol. The van der Waals surface area contributed by atoms with Gasteiger partial charge in [0.15, 0.2) is 0 Å². The summed E-state index contributed by atoms with van der Waals surface area (Å²) in [5.41, 5.74) is 0. The topological polar surface area (TPSA) is 15.3 Å². The maximum Gasteiger partial charge on any atom is 0.0349 e. The Morgan fingerprint density at radius 3 is 2.67 bits per heavy atom. The smallest absolute Gasteiger partial charge is 0.0349 e. The van der Waals surface area contributed by atoms with Crippen LogP contribution in [0.2, 0.25) is 0 Å². The van der Waals surface area contributed by atoms with Gasteiger partial charge in [-0.15, -0.1) is 0 Å². The lowest BCUT2D eigenvalue weighted by Crippen LogP contribution is -2.35. The van der Waals surface area contributed by atoms with Gasteiger partial charge < -0.3 is 10.2 Å². The van der Waals surface area contributed by atoms with Gasteiger partial charge in [0.1, 0.15) is 0 Å². The van der Waals surface area contributed by atoms with E-state index in [2.05, 4.69) is 30.3 Å². The third kappa shape index (κ3) is 1.63. The highest BCUT2D eigenvalue weighted by molar-refractivity contribution is 4.87. The Labute approximate surface area is 56.5 Å². The largest absolute Gasteiger partial charge is 0.388 e. The maximum absolute atomic E-state index is 3.15. The van der Waals surface area contributed by atoms with Crippen LogP contribution in [0.5, 0.6) is 0 Å². The molecule has 1 heterocycles. The molecule has 2 heteroatoms. The highest BCUT2D eigenvalue weighted by Gasteiger charge is 2.04. The van der Waals surface area contributed by atoms with E-state index < -0.39 is 0 Å². The van der Waals surface area contributed by atoms with Gasteiger partial charge in [0.05, 0.1) is 0 Å². The molecule has 0 aliphatic carbocycles. The van der Waals surface area contributed by atoms with Gasteiger partial charge in [-0.25, -0.2) is 0 Å². The molecule has 0 aromatic heterocycles. The molecule has 52 valence electrons. The van der Waals surface area contributed by atoms with Gasteiger partial charge >= 0.3 is 0 Å². The van der Waals surface area contributed by atoms with Crippen LogP contribution in [-0.2, 0) is 0 Å². The van der Waals surface area contributed by atoms with Gasteiger partial charge in [-0.1, -0.05) is 0 Å². The molecule has 0 radical (unpaired) electrons. The van der Waals surface area contributed by atoms with Crippen molar-refractivity contribution in [2.75, 3.05) is 13.1 Å². The van der Waals surface area contributed by atoms with Crippen LogP contribution in [0.1, 0.15) is 13.8 Å². The summed E-state index contributed by atoms with van der Waals surface area (Å²) in [6.07, 6.45) is 4.11. The van der Waals surface area contributed by atoms with Gasteiger partial charge in [0.25, 0.3) is 0 Å². The third-order valence-electron chi connectivity index (χ3n) is 1.56. The zero-order chi connectivity index (χ0) is 6.69. The van der Waals surface area contributed by atoms with Crippen LogP contribution in [-0.4, -0.2) is 24.0 Å². The fraction of sp³-hybridized carbons (Fsp3) is 0.714. The van der Waals surface area contributed by atoms with E-state index in [4.69, 9.17) is 0 Å². The van der Waals surface area contributed by atoms with Crippen LogP contribution in [0, 0.1) is 0 Å². The molecule has 1 aliphatic heterocycles. The Bertz CT molecular complexity index is 107. The Hall–Kier alpha value is -0.660. The average Bonchev–Trinajstić information content (AvgIpc) is 1.90. The lowest BCUT2D eigenvalue weighted by molar-refractivity contribution is 0.300. The molecule has 0 amide bonds. The van der Waals surface area contributed by atoms with Crippen molar-refractivity contribution in [2.24, 2.45) is 0 Å². The molecule has 0 spiro atoms. The van der Waals surface area contributed by atoms with E-state index >= 15 is 0 Å². The minimum Gasteiger partial charge on any atom is -0.388 e. The lowest BCUT2D eigenvalue weighted by atomic mass is 10.3. The van der Waals surface area contributed by atoms with Crippen molar-refractivity contribution in [3.05, 3.63) is 12.4 Å². The summed E-state index contributed by atoms with van der Waals surface area (Å²) in [4.78, 5) is 2.32. The highest BCUT2D eigenvalue weighted by Crippen LogP contribution is 1.99. The van der Waals surface area contributed by atoms with Gasteiger partial charge in [-0.3, -0.25) is 0 Å². The molecule has 1 rings (SSSR count). The van der Waals surface area contributed by atoms with Crippen LogP contribution < -0.4 is 5.32 Å². The van der Waals surface area contributed by atoms with Gasteiger partial charge in [-0.2, -0.15) is 0 Å². The third-order valence-corrected chi connectivity index (χ3v) is 1.56. The Balaban J connectivity index is 2.40. The Kier molecular flexibility index (Phi) is 1.98. The summed E-state index contributed by atoms with van der Waals surface area (Å²) in [7, 11) is 0. The van der Waals surface area contributed by atoms with Crippen molar-refractivity contribution < 1.29 is 0 Å². The van der Waals surface area contributed by atoms with E-state index in [0.717, 1.165) is 13.1 Å². The van der Waals surface area contributed by atoms with Crippen molar-refractivity contribution in [2.45, 2.75) is 19.9 Å². The molecule has 1 aliphatic rings. The van der Waals surface area contributed by atoms with E-state index in [-0.39, 0.29) is 0 Å². The van der Waals surface area contributed by atoms with Crippen LogP contribution in [0.3, 0.4) is 0 Å². The molecule has 0 bridgehead atoms. The SMILES string of the molecule is CC(C)N1C=CNCC1. The first-order chi connectivity index (χ1) is 4.30. The van der Waals surface area contributed by atoms with Gasteiger partial charge in [0.2, 0.25) is 0 Å². The Morgan fingerprint density at radius 2 is 2.33 bits per heavy atom. The summed E-state index contributed by atoms with van der Waals surface area (Å²) in [5.74, 6) is 0. The molecular formula is C7H14N2. The quantitative estimate of drug-likeness (QED) is 0.558.